The molecular formula is C22H23NO3S. The van der Waals surface area contributed by atoms with E-state index in [1.165, 1.54) is 13.3 Å². The van der Waals surface area contributed by atoms with Gasteiger partial charge in [-0.1, -0.05) is 54.4 Å². The maximum absolute atomic E-state index is 13.0. The van der Waals surface area contributed by atoms with E-state index < -0.39 is 5.97 Å². The van der Waals surface area contributed by atoms with Crippen LogP contribution < -0.4 is 0 Å². The summed E-state index contributed by atoms with van der Waals surface area (Å²) in [6.07, 6.45) is 5.14. The second-order valence-electron chi connectivity index (χ2n) is 6.66. The summed E-state index contributed by atoms with van der Waals surface area (Å²) < 4.78 is 0. The molecule has 0 heterocycles. The number of ketones is 1. The highest BCUT2D eigenvalue weighted by atomic mass is 32.2. The van der Waals surface area contributed by atoms with Crippen LogP contribution in [-0.2, 0) is 9.63 Å². The fraction of sp³-hybridized carbons (Fsp3) is 0.318. The van der Waals surface area contributed by atoms with Crippen molar-refractivity contribution in [1.82, 2.24) is 0 Å². The van der Waals surface area contributed by atoms with E-state index in [1.54, 1.807) is 11.8 Å². The third-order valence-corrected chi connectivity index (χ3v) is 5.61. The first-order valence-corrected chi connectivity index (χ1v) is 10.1. The molecule has 0 bridgehead atoms. The molecule has 1 saturated carbocycles. The van der Waals surface area contributed by atoms with Crippen LogP contribution in [0.25, 0.3) is 0 Å². The van der Waals surface area contributed by atoms with Crippen LogP contribution in [0.5, 0.6) is 0 Å². The number of carbonyl (C=O) groups excluding carboxylic acids is 2. The summed E-state index contributed by atoms with van der Waals surface area (Å²) in [6, 6.07) is 17.6. The number of rotatable bonds is 6. The summed E-state index contributed by atoms with van der Waals surface area (Å²) in [5.74, 6) is -0.603. The van der Waals surface area contributed by atoms with Gasteiger partial charge in [-0.15, -0.1) is 0 Å². The molecule has 1 aliphatic carbocycles. The molecule has 1 aliphatic rings. The number of oxime groups is 1. The molecule has 5 heteroatoms. The third-order valence-electron chi connectivity index (χ3n) is 4.59. The Labute approximate surface area is 164 Å². The van der Waals surface area contributed by atoms with Gasteiger partial charge in [0.05, 0.1) is 0 Å². The van der Waals surface area contributed by atoms with E-state index in [-0.39, 0.29) is 11.7 Å². The SMILES string of the molecule is CC(=O)O/N=C(/C(=O)c1ccc(Sc2ccccc2)cc1)C1CCCCC1. The minimum absolute atomic E-state index is 0.0592. The first kappa shape index (κ1) is 19.4. The predicted octanol–water partition coefficient (Wildman–Crippen LogP) is 5.52. The largest absolute Gasteiger partial charge is 0.331 e. The van der Waals surface area contributed by atoms with Crippen molar-refractivity contribution in [2.45, 2.75) is 48.8 Å². The maximum Gasteiger partial charge on any atom is 0.331 e. The summed E-state index contributed by atoms with van der Waals surface area (Å²) in [5, 5.41) is 3.93. The summed E-state index contributed by atoms with van der Waals surface area (Å²) >= 11 is 1.65. The van der Waals surface area contributed by atoms with E-state index in [9.17, 15) is 9.59 Å². The molecule has 3 rings (SSSR count). The molecule has 1 fully saturated rings. The van der Waals surface area contributed by atoms with Crippen molar-refractivity contribution in [3.8, 4) is 0 Å². The minimum Gasteiger partial charge on any atom is -0.318 e. The molecule has 0 spiro atoms. The normalized spacial score (nSPS) is 15.4. The lowest BCUT2D eigenvalue weighted by atomic mass is 9.83. The number of hydrogen-bond donors (Lipinski definition) is 0. The third kappa shape index (κ3) is 5.54. The van der Waals surface area contributed by atoms with Crippen LogP contribution >= 0.6 is 11.8 Å². The first-order chi connectivity index (χ1) is 13.1. The van der Waals surface area contributed by atoms with Crippen molar-refractivity contribution < 1.29 is 14.4 Å². The molecule has 4 nitrogen and oxygen atoms in total. The number of carbonyl (C=O) groups is 2. The van der Waals surface area contributed by atoms with E-state index >= 15 is 0 Å². The first-order valence-electron chi connectivity index (χ1n) is 9.26. The zero-order valence-electron chi connectivity index (χ0n) is 15.4. The smallest absolute Gasteiger partial charge is 0.318 e. The van der Waals surface area contributed by atoms with Crippen molar-refractivity contribution in [2.24, 2.45) is 11.1 Å². The standard InChI is InChI=1S/C22H23NO3S/c1-16(24)26-23-21(17-8-4-2-5-9-17)22(25)18-12-14-20(15-13-18)27-19-10-6-3-7-11-19/h3,6-7,10-15,17H,2,4-5,8-9H2,1H3/b23-21+. The average Bonchev–Trinajstić information content (AvgIpc) is 2.70. The quantitative estimate of drug-likeness (QED) is 0.286. The molecule has 140 valence electrons. The van der Waals surface area contributed by atoms with Gasteiger partial charge in [0.25, 0.3) is 0 Å². The van der Waals surface area contributed by atoms with Crippen molar-refractivity contribution in [1.29, 1.82) is 0 Å². The predicted molar refractivity (Wildman–Crippen MR) is 107 cm³/mol. The summed E-state index contributed by atoms with van der Waals surface area (Å²) in [6.45, 7) is 1.29. The van der Waals surface area contributed by atoms with Gasteiger partial charge in [-0.25, -0.2) is 4.79 Å². The molecule has 0 unspecified atom stereocenters. The van der Waals surface area contributed by atoms with Crippen LogP contribution in [0.4, 0.5) is 0 Å². The second-order valence-corrected chi connectivity index (χ2v) is 7.81. The van der Waals surface area contributed by atoms with E-state index in [0.717, 1.165) is 35.5 Å². The fourth-order valence-corrected chi connectivity index (χ4v) is 4.08. The lowest BCUT2D eigenvalue weighted by Gasteiger charge is -2.22. The Hall–Kier alpha value is -2.40. The van der Waals surface area contributed by atoms with Gasteiger partial charge in [-0.3, -0.25) is 4.79 Å². The van der Waals surface area contributed by atoms with E-state index in [4.69, 9.17) is 4.84 Å². The Morgan fingerprint density at radius 1 is 0.926 bits per heavy atom. The Kier molecular flexibility index (Phi) is 6.82. The molecule has 0 atom stereocenters. The van der Waals surface area contributed by atoms with Gasteiger partial charge >= 0.3 is 5.97 Å². The van der Waals surface area contributed by atoms with Crippen LogP contribution in [0.2, 0.25) is 0 Å². The van der Waals surface area contributed by atoms with Crippen molar-refractivity contribution in [3.63, 3.8) is 0 Å². The highest BCUT2D eigenvalue weighted by Gasteiger charge is 2.27. The number of nitrogens with zero attached hydrogens (tertiary/aromatic N) is 1. The molecule has 0 saturated heterocycles. The summed E-state index contributed by atoms with van der Waals surface area (Å²) in [4.78, 5) is 31.2. The van der Waals surface area contributed by atoms with Gasteiger partial charge in [-0.05, 0) is 49.2 Å². The number of Topliss-reactive ketones (excluding diaryl/α,β-unsaturated/α-hetero) is 1. The van der Waals surface area contributed by atoms with Crippen LogP contribution in [-0.4, -0.2) is 17.5 Å². The molecule has 0 radical (unpaired) electrons. The second kappa shape index (κ2) is 9.51. The molecule has 2 aromatic rings. The highest BCUT2D eigenvalue weighted by molar-refractivity contribution is 7.99. The monoisotopic (exact) mass is 381 g/mol. The fourth-order valence-electron chi connectivity index (χ4n) is 3.24. The Balaban J connectivity index is 1.76. The van der Waals surface area contributed by atoms with Crippen LogP contribution in [0.15, 0.2) is 69.5 Å². The van der Waals surface area contributed by atoms with Gasteiger partial charge in [0, 0.05) is 28.2 Å². The Morgan fingerprint density at radius 2 is 1.56 bits per heavy atom. The maximum atomic E-state index is 13.0. The average molecular weight is 381 g/mol. The molecule has 0 aliphatic heterocycles. The van der Waals surface area contributed by atoms with E-state index in [0.29, 0.717) is 11.3 Å². The molecular weight excluding hydrogens is 358 g/mol. The van der Waals surface area contributed by atoms with E-state index in [2.05, 4.69) is 17.3 Å². The lowest BCUT2D eigenvalue weighted by Crippen LogP contribution is -2.27. The van der Waals surface area contributed by atoms with Gasteiger partial charge < -0.3 is 4.84 Å². The molecule has 0 aromatic heterocycles. The Morgan fingerprint density at radius 3 is 2.19 bits per heavy atom. The topological polar surface area (TPSA) is 55.7 Å². The highest BCUT2D eigenvalue weighted by Crippen LogP contribution is 2.29. The van der Waals surface area contributed by atoms with E-state index in [1.807, 2.05) is 42.5 Å². The summed E-state index contributed by atoms with van der Waals surface area (Å²) in [7, 11) is 0. The Bertz CT molecular complexity index is 809. The molecule has 0 amide bonds. The van der Waals surface area contributed by atoms with Gasteiger partial charge in [-0.2, -0.15) is 0 Å². The minimum atomic E-state index is -0.509. The zero-order chi connectivity index (χ0) is 19.1. The van der Waals surface area contributed by atoms with Gasteiger partial charge in [0.2, 0.25) is 5.78 Å². The molecule has 27 heavy (non-hydrogen) atoms. The van der Waals surface area contributed by atoms with Gasteiger partial charge in [0.15, 0.2) is 0 Å². The van der Waals surface area contributed by atoms with Crippen molar-refractivity contribution in [3.05, 3.63) is 60.2 Å². The lowest BCUT2D eigenvalue weighted by molar-refractivity contribution is -0.140. The number of benzene rings is 2. The van der Waals surface area contributed by atoms with Gasteiger partial charge in [0.1, 0.15) is 5.71 Å². The number of hydrogen-bond acceptors (Lipinski definition) is 5. The van der Waals surface area contributed by atoms with Crippen LogP contribution in [0.3, 0.4) is 0 Å². The van der Waals surface area contributed by atoms with Crippen molar-refractivity contribution >= 4 is 29.2 Å². The van der Waals surface area contributed by atoms with Crippen molar-refractivity contribution in [2.75, 3.05) is 0 Å². The molecule has 0 N–H and O–H groups in total. The zero-order valence-corrected chi connectivity index (χ0v) is 16.2. The summed E-state index contributed by atoms with van der Waals surface area (Å²) in [5.41, 5.74) is 0.942. The van der Waals surface area contributed by atoms with Crippen LogP contribution in [0, 0.1) is 5.92 Å². The van der Waals surface area contributed by atoms with Crippen LogP contribution in [0.1, 0.15) is 49.4 Å². The molecule has 2 aromatic carbocycles.